The fraction of sp³-hybridized carbons (Fsp3) is 0.400. The molecule has 1 aromatic carbocycles. The molecule has 1 aliphatic rings. The van der Waals surface area contributed by atoms with Gasteiger partial charge in [0.1, 0.15) is 5.75 Å². The number of fused-ring (bicyclic) bond motifs is 1. The molecule has 0 saturated heterocycles. The van der Waals surface area contributed by atoms with Crippen LogP contribution in [0.1, 0.15) is 18.4 Å². The molecular formula is C10H13NO3S. The number of hydrogen-bond donors (Lipinski definition) is 2. The molecule has 0 spiro atoms. The number of sulfone groups is 1. The third kappa shape index (κ3) is 1.52. The predicted octanol–water partition coefficient (Wildman–Crippen LogP) is 0.610. The van der Waals surface area contributed by atoms with Crippen molar-refractivity contribution in [1.82, 2.24) is 0 Å². The van der Waals surface area contributed by atoms with Crippen molar-refractivity contribution in [2.24, 2.45) is 5.73 Å². The van der Waals surface area contributed by atoms with Gasteiger partial charge < -0.3 is 10.8 Å². The molecule has 0 radical (unpaired) electrons. The first-order valence-electron chi connectivity index (χ1n) is 4.73. The van der Waals surface area contributed by atoms with Crippen molar-refractivity contribution in [1.29, 1.82) is 0 Å². The summed E-state index contributed by atoms with van der Waals surface area (Å²) >= 11 is 0. The molecule has 2 unspecified atom stereocenters. The van der Waals surface area contributed by atoms with Gasteiger partial charge in [0.15, 0.2) is 9.84 Å². The van der Waals surface area contributed by atoms with E-state index in [1.807, 2.05) is 0 Å². The zero-order chi connectivity index (χ0) is 11.2. The van der Waals surface area contributed by atoms with Crippen molar-refractivity contribution in [3.8, 4) is 5.75 Å². The quantitative estimate of drug-likeness (QED) is 0.736. The second-order valence-corrected chi connectivity index (χ2v) is 5.94. The van der Waals surface area contributed by atoms with E-state index in [1.54, 1.807) is 6.92 Å². The van der Waals surface area contributed by atoms with Gasteiger partial charge in [0.25, 0.3) is 0 Å². The number of phenols is 1. The van der Waals surface area contributed by atoms with Crippen molar-refractivity contribution in [2.45, 2.75) is 23.8 Å². The average molecular weight is 227 g/mol. The summed E-state index contributed by atoms with van der Waals surface area (Å²) in [5.74, 6) is -0.278. The minimum Gasteiger partial charge on any atom is -0.508 e. The molecular weight excluding hydrogens is 214 g/mol. The van der Waals surface area contributed by atoms with Crippen LogP contribution in [-0.4, -0.2) is 25.3 Å². The number of aromatic hydroxyl groups is 1. The molecule has 2 atom stereocenters. The predicted molar refractivity (Wildman–Crippen MR) is 56.6 cm³/mol. The first kappa shape index (κ1) is 10.4. The summed E-state index contributed by atoms with van der Waals surface area (Å²) in [7, 11) is -3.26. The second-order valence-electron chi connectivity index (χ2n) is 3.94. The summed E-state index contributed by atoms with van der Waals surface area (Å²) in [4.78, 5) is 0.227. The van der Waals surface area contributed by atoms with Crippen LogP contribution in [0.25, 0.3) is 0 Å². The molecule has 0 aromatic heterocycles. The van der Waals surface area contributed by atoms with Crippen molar-refractivity contribution in [3.05, 3.63) is 23.8 Å². The molecule has 2 rings (SSSR count). The van der Waals surface area contributed by atoms with Gasteiger partial charge in [0.2, 0.25) is 0 Å². The average Bonchev–Trinajstić information content (AvgIpc) is 2.40. The lowest BCUT2D eigenvalue weighted by atomic mass is 9.94. The third-order valence-corrected chi connectivity index (χ3v) is 4.61. The van der Waals surface area contributed by atoms with Crippen molar-refractivity contribution in [3.63, 3.8) is 0 Å². The van der Waals surface area contributed by atoms with Gasteiger partial charge in [-0.3, -0.25) is 0 Å². The highest BCUT2D eigenvalue weighted by molar-refractivity contribution is 7.91. The Hall–Kier alpha value is -1.07. The van der Waals surface area contributed by atoms with Crippen LogP contribution in [0.3, 0.4) is 0 Å². The maximum atomic E-state index is 11.8. The van der Waals surface area contributed by atoms with Crippen LogP contribution in [0.2, 0.25) is 0 Å². The van der Waals surface area contributed by atoms with Gasteiger partial charge in [-0.1, -0.05) is 6.07 Å². The summed E-state index contributed by atoms with van der Waals surface area (Å²) in [5.41, 5.74) is 6.21. The van der Waals surface area contributed by atoms with Crippen LogP contribution in [0, 0.1) is 0 Å². The summed E-state index contributed by atoms with van der Waals surface area (Å²) in [5, 5.41) is 9.66. The van der Waals surface area contributed by atoms with Gasteiger partial charge in [0.05, 0.1) is 10.6 Å². The molecule has 0 saturated carbocycles. The smallest absolute Gasteiger partial charge is 0.179 e. The molecule has 5 heteroatoms. The minimum atomic E-state index is -3.26. The summed E-state index contributed by atoms with van der Waals surface area (Å²) in [6.45, 7) is 1.75. The zero-order valence-electron chi connectivity index (χ0n) is 8.34. The number of hydrogen-bond acceptors (Lipinski definition) is 4. The van der Waals surface area contributed by atoms with E-state index >= 15 is 0 Å². The Morgan fingerprint density at radius 1 is 1.53 bits per heavy atom. The fourth-order valence-corrected chi connectivity index (χ4v) is 4.00. The van der Waals surface area contributed by atoms with E-state index in [2.05, 4.69) is 0 Å². The molecule has 0 fully saturated rings. The van der Waals surface area contributed by atoms with E-state index in [4.69, 9.17) is 5.73 Å². The van der Waals surface area contributed by atoms with E-state index in [0.29, 0.717) is 5.56 Å². The molecule has 4 nitrogen and oxygen atoms in total. The molecule has 1 aliphatic heterocycles. The number of rotatable bonds is 1. The van der Waals surface area contributed by atoms with Gasteiger partial charge in [-0.05, 0) is 19.1 Å². The van der Waals surface area contributed by atoms with Crippen LogP contribution in [0.15, 0.2) is 23.1 Å². The van der Waals surface area contributed by atoms with Crippen LogP contribution in [-0.2, 0) is 9.84 Å². The summed E-state index contributed by atoms with van der Waals surface area (Å²) in [6, 6.07) is 4.27. The lowest BCUT2D eigenvalue weighted by Crippen LogP contribution is -2.26. The van der Waals surface area contributed by atoms with E-state index in [-0.39, 0.29) is 28.4 Å². The molecule has 0 aliphatic carbocycles. The molecule has 1 aromatic rings. The molecule has 3 N–H and O–H groups in total. The maximum absolute atomic E-state index is 11.8. The first-order valence-corrected chi connectivity index (χ1v) is 6.39. The molecule has 15 heavy (non-hydrogen) atoms. The van der Waals surface area contributed by atoms with E-state index in [0.717, 1.165) is 0 Å². The van der Waals surface area contributed by atoms with Crippen LogP contribution < -0.4 is 5.73 Å². The Kier molecular flexibility index (Phi) is 2.24. The van der Waals surface area contributed by atoms with E-state index in [1.165, 1.54) is 18.2 Å². The Balaban J connectivity index is 2.69. The second kappa shape index (κ2) is 3.21. The SMILES string of the molecule is CC(N)C1CS(=O)(=O)c2cccc(O)c21. The van der Waals surface area contributed by atoms with E-state index < -0.39 is 9.84 Å². The topological polar surface area (TPSA) is 80.4 Å². The van der Waals surface area contributed by atoms with E-state index in [9.17, 15) is 13.5 Å². The Labute approximate surface area is 88.6 Å². The monoisotopic (exact) mass is 227 g/mol. The van der Waals surface area contributed by atoms with Gasteiger partial charge in [-0.15, -0.1) is 0 Å². The number of benzene rings is 1. The fourth-order valence-electron chi connectivity index (χ4n) is 2.00. The first-order chi connectivity index (χ1) is 6.93. The van der Waals surface area contributed by atoms with Crippen LogP contribution in [0.4, 0.5) is 0 Å². The van der Waals surface area contributed by atoms with Crippen molar-refractivity contribution in [2.75, 3.05) is 5.75 Å². The van der Waals surface area contributed by atoms with Crippen molar-refractivity contribution < 1.29 is 13.5 Å². The van der Waals surface area contributed by atoms with Gasteiger partial charge in [-0.25, -0.2) is 8.42 Å². The normalized spacial score (nSPS) is 24.8. The largest absolute Gasteiger partial charge is 0.508 e. The maximum Gasteiger partial charge on any atom is 0.179 e. The Bertz CT molecular complexity index is 493. The third-order valence-electron chi connectivity index (χ3n) is 2.78. The number of phenolic OH excluding ortho intramolecular Hbond substituents is 1. The highest BCUT2D eigenvalue weighted by Gasteiger charge is 2.38. The minimum absolute atomic E-state index is 0.00241. The van der Waals surface area contributed by atoms with Crippen molar-refractivity contribution >= 4 is 9.84 Å². The summed E-state index contributed by atoms with van der Waals surface area (Å²) < 4.78 is 23.5. The summed E-state index contributed by atoms with van der Waals surface area (Å²) in [6.07, 6.45) is 0. The van der Waals surface area contributed by atoms with Gasteiger partial charge in [-0.2, -0.15) is 0 Å². The van der Waals surface area contributed by atoms with Crippen LogP contribution in [0.5, 0.6) is 5.75 Å². The zero-order valence-corrected chi connectivity index (χ0v) is 9.16. The number of nitrogens with two attached hydrogens (primary N) is 1. The molecule has 0 amide bonds. The molecule has 0 bridgehead atoms. The standard InChI is InChI=1S/C10H13NO3S/c1-6(11)7-5-15(13,14)9-4-2-3-8(12)10(7)9/h2-4,6-7,12H,5,11H2,1H3. The lowest BCUT2D eigenvalue weighted by Gasteiger charge is -2.14. The van der Waals surface area contributed by atoms with Gasteiger partial charge >= 0.3 is 0 Å². The Morgan fingerprint density at radius 3 is 2.80 bits per heavy atom. The highest BCUT2D eigenvalue weighted by atomic mass is 32.2. The van der Waals surface area contributed by atoms with Crippen LogP contribution >= 0.6 is 0 Å². The molecule has 82 valence electrons. The molecule has 1 heterocycles. The Morgan fingerprint density at radius 2 is 2.20 bits per heavy atom. The van der Waals surface area contributed by atoms with Gasteiger partial charge in [0, 0.05) is 17.5 Å². The lowest BCUT2D eigenvalue weighted by molar-refractivity contribution is 0.456. The highest BCUT2D eigenvalue weighted by Crippen LogP contribution is 2.41.